The molecule has 1 unspecified atom stereocenters. The molecule has 0 spiro atoms. The van der Waals surface area contributed by atoms with Gasteiger partial charge in [0.05, 0.1) is 19.0 Å². The van der Waals surface area contributed by atoms with E-state index in [0.29, 0.717) is 0 Å². The molecule has 3 aromatic rings. The number of ether oxygens (including phenoxy) is 2. The van der Waals surface area contributed by atoms with Crippen LogP contribution in [0.1, 0.15) is 27.0 Å². The molecule has 1 aromatic carbocycles. The number of fused-ring (bicyclic) bond motifs is 1. The van der Waals surface area contributed by atoms with E-state index in [2.05, 4.69) is 20.0 Å². The number of nitrogens with one attached hydrogen (secondary N) is 2. The summed E-state index contributed by atoms with van der Waals surface area (Å²) in [5, 5.41) is 13.4. The second-order valence-corrected chi connectivity index (χ2v) is 12.1. The van der Waals surface area contributed by atoms with E-state index in [1.54, 1.807) is 44.2 Å². The van der Waals surface area contributed by atoms with Crippen LogP contribution in [-0.4, -0.2) is 65.9 Å². The summed E-state index contributed by atoms with van der Waals surface area (Å²) in [6.07, 6.45) is -3.31. The van der Waals surface area contributed by atoms with Gasteiger partial charge in [-0.15, -0.1) is 0 Å². The number of anilines is 1. The number of H-pyrrole nitrogens is 1. The molecule has 17 heteroatoms. The normalized spacial score (nSPS) is 23.0. The highest BCUT2D eigenvalue weighted by Crippen LogP contribution is 2.50. The van der Waals surface area contributed by atoms with Gasteiger partial charge in [0.1, 0.15) is 24.0 Å². The molecule has 0 saturated carbocycles. The number of alkyl halides is 2. The van der Waals surface area contributed by atoms with Crippen LogP contribution < -0.4 is 20.9 Å². The lowest BCUT2D eigenvalue weighted by Crippen LogP contribution is -2.39. The average molecular weight is 605 g/mol. The zero-order valence-electron chi connectivity index (χ0n) is 21.0. The fraction of sp³-hybridized carbons (Fsp3) is 0.455. The quantitative estimate of drug-likeness (QED) is 0.150. The number of halogens is 2. The number of para-hydroxylation sites is 1. The summed E-state index contributed by atoms with van der Waals surface area (Å²) in [6.45, 7) is 4.23. The number of hydrogen-bond acceptors (Lipinski definition) is 11. The van der Waals surface area contributed by atoms with E-state index in [4.69, 9.17) is 47.5 Å². The van der Waals surface area contributed by atoms with Crippen molar-refractivity contribution in [1.82, 2.24) is 24.6 Å². The second kappa shape index (κ2) is 11.4. The molecule has 0 bridgehead atoms. The van der Waals surface area contributed by atoms with Crippen LogP contribution in [0.2, 0.25) is 0 Å². The highest BCUT2D eigenvalue weighted by atomic mass is 35.5. The van der Waals surface area contributed by atoms with Gasteiger partial charge in [-0.3, -0.25) is 23.7 Å². The van der Waals surface area contributed by atoms with Crippen LogP contribution in [0, 0.1) is 0 Å². The smallest absolute Gasteiger partial charge is 0.459 e. The number of aromatic amines is 1. The van der Waals surface area contributed by atoms with E-state index in [9.17, 15) is 19.3 Å². The van der Waals surface area contributed by atoms with Gasteiger partial charge in [0.2, 0.25) is 5.95 Å². The topological polar surface area (TPSA) is 193 Å². The van der Waals surface area contributed by atoms with Gasteiger partial charge >= 0.3 is 13.7 Å². The van der Waals surface area contributed by atoms with E-state index >= 15 is 0 Å². The Morgan fingerprint density at radius 3 is 2.69 bits per heavy atom. The summed E-state index contributed by atoms with van der Waals surface area (Å²) < 4.78 is 35.2. The van der Waals surface area contributed by atoms with Crippen molar-refractivity contribution in [3.8, 4) is 5.75 Å². The van der Waals surface area contributed by atoms with Crippen molar-refractivity contribution in [2.75, 3.05) is 12.3 Å². The predicted molar refractivity (Wildman–Crippen MR) is 141 cm³/mol. The number of esters is 1. The Kier molecular flexibility index (Phi) is 8.57. The number of nitrogens with zero attached hydrogens (tertiary/aromatic N) is 3. The van der Waals surface area contributed by atoms with Crippen molar-refractivity contribution < 1.29 is 33.0 Å². The van der Waals surface area contributed by atoms with Gasteiger partial charge in [-0.05, 0) is 32.9 Å². The Balaban J connectivity index is 1.56. The maximum Gasteiger partial charge on any atom is 0.459 e. The van der Waals surface area contributed by atoms with Crippen molar-refractivity contribution in [2.45, 2.75) is 55.7 Å². The lowest BCUT2D eigenvalue weighted by molar-refractivity contribution is -0.149. The van der Waals surface area contributed by atoms with Crippen molar-refractivity contribution in [1.29, 1.82) is 0 Å². The molecule has 0 aliphatic carbocycles. The first-order valence-electron chi connectivity index (χ1n) is 11.7. The molecule has 2 aromatic heterocycles. The zero-order chi connectivity index (χ0) is 28.5. The first kappa shape index (κ1) is 29.3. The Bertz CT molecular complexity index is 1430. The maximum atomic E-state index is 13.7. The third kappa shape index (κ3) is 6.38. The molecule has 1 aliphatic rings. The second-order valence-electron chi connectivity index (χ2n) is 8.96. The molecule has 1 aliphatic heterocycles. The summed E-state index contributed by atoms with van der Waals surface area (Å²) in [7, 11) is -4.27. The molecule has 5 N–H and O–H groups in total. The molecule has 1 fully saturated rings. The number of imidazole rings is 1. The highest BCUT2D eigenvalue weighted by Gasteiger charge is 2.56. The summed E-state index contributed by atoms with van der Waals surface area (Å²) in [6, 6.07) is 7.03. The standard InChI is InChI=1S/C22H27Cl2N6O8P/c1-11(2)36-19(33)12(3)29-39(34,38-13-7-5-4-6-8-13)35-9-14-16(31)22(23,24)20(37-14)30-10-26-15-17(30)27-21(25)28-18(15)32/h4-8,10-12,14,16,20,31H,9H2,1-3H3,(H,29,34)(H3,25,27,28,32)/t12-,14-,16-,20-,39?/m1/s1. The van der Waals surface area contributed by atoms with Gasteiger partial charge < -0.3 is 24.8 Å². The number of carbonyl (C=O) groups excluding carboxylic acids is 1. The molecular formula is C22H27Cl2N6O8P. The van der Waals surface area contributed by atoms with Gasteiger partial charge in [-0.1, -0.05) is 41.4 Å². The minimum absolute atomic E-state index is 0.0120. The molecule has 14 nitrogen and oxygen atoms in total. The van der Waals surface area contributed by atoms with Crippen molar-refractivity contribution in [3.05, 3.63) is 47.0 Å². The number of benzene rings is 1. The number of aromatic nitrogens is 4. The average Bonchev–Trinajstić information content (AvgIpc) is 3.36. The Hall–Kier alpha value is -2.71. The number of nitrogens with two attached hydrogens (primary N) is 1. The van der Waals surface area contributed by atoms with E-state index in [1.807, 2.05) is 0 Å². The Morgan fingerprint density at radius 1 is 1.33 bits per heavy atom. The summed E-state index contributed by atoms with van der Waals surface area (Å²) in [5.41, 5.74) is 5.01. The minimum Gasteiger partial charge on any atom is -0.462 e. The number of aliphatic hydroxyl groups excluding tert-OH is 1. The monoisotopic (exact) mass is 604 g/mol. The van der Waals surface area contributed by atoms with Crippen LogP contribution in [0.15, 0.2) is 41.5 Å². The first-order chi connectivity index (χ1) is 18.3. The maximum absolute atomic E-state index is 13.7. The van der Waals surface area contributed by atoms with Crippen molar-refractivity contribution >= 4 is 54.0 Å². The lowest BCUT2D eigenvalue weighted by atomic mass is 10.2. The van der Waals surface area contributed by atoms with Crippen LogP contribution in [0.25, 0.3) is 11.2 Å². The fourth-order valence-electron chi connectivity index (χ4n) is 3.73. The molecule has 0 radical (unpaired) electrons. The summed E-state index contributed by atoms with van der Waals surface area (Å²) in [4.78, 5) is 34.9. The van der Waals surface area contributed by atoms with Gasteiger partial charge in [0.25, 0.3) is 5.56 Å². The van der Waals surface area contributed by atoms with E-state index in [-0.39, 0.29) is 22.9 Å². The summed E-state index contributed by atoms with van der Waals surface area (Å²) >= 11 is 12.9. The Labute approximate surface area is 232 Å². The van der Waals surface area contributed by atoms with Crippen LogP contribution >= 0.6 is 30.9 Å². The number of rotatable bonds is 10. The third-order valence-corrected chi connectivity index (χ3v) is 7.98. The minimum atomic E-state index is -4.27. The molecule has 39 heavy (non-hydrogen) atoms. The van der Waals surface area contributed by atoms with Gasteiger partial charge in [0, 0.05) is 0 Å². The summed E-state index contributed by atoms with van der Waals surface area (Å²) in [5.74, 6) is -0.680. The molecule has 212 valence electrons. The van der Waals surface area contributed by atoms with Crippen LogP contribution in [-0.2, 0) is 23.4 Å². The molecule has 4 rings (SSSR count). The number of aliphatic hydroxyl groups is 1. The first-order valence-corrected chi connectivity index (χ1v) is 14.0. The number of hydrogen-bond donors (Lipinski definition) is 4. The van der Waals surface area contributed by atoms with Gasteiger partial charge in [0.15, 0.2) is 21.7 Å². The van der Waals surface area contributed by atoms with Crippen LogP contribution in [0.5, 0.6) is 5.75 Å². The van der Waals surface area contributed by atoms with E-state index in [0.717, 1.165) is 0 Å². The van der Waals surface area contributed by atoms with E-state index in [1.165, 1.54) is 17.8 Å². The SMILES string of the molecule is CC(C)OC(=O)[C@@H](C)NP(=O)(OC[C@H]1O[C@@H](n2cnc3c(=O)[nH]c(N)nc32)C(Cl)(Cl)[C@@H]1O)Oc1ccccc1. The van der Waals surface area contributed by atoms with Crippen LogP contribution in [0.4, 0.5) is 5.95 Å². The Morgan fingerprint density at radius 2 is 2.03 bits per heavy atom. The lowest BCUT2D eigenvalue weighted by Gasteiger charge is -2.25. The van der Waals surface area contributed by atoms with Crippen LogP contribution in [0.3, 0.4) is 0 Å². The van der Waals surface area contributed by atoms with Crippen molar-refractivity contribution in [2.24, 2.45) is 0 Å². The van der Waals surface area contributed by atoms with Crippen molar-refractivity contribution in [3.63, 3.8) is 0 Å². The fourth-order valence-corrected chi connectivity index (χ4v) is 5.82. The molecular weight excluding hydrogens is 578 g/mol. The molecule has 1 saturated heterocycles. The third-order valence-electron chi connectivity index (χ3n) is 5.52. The predicted octanol–water partition coefficient (Wildman–Crippen LogP) is 2.27. The number of carbonyl (C=O) groups is 1. The number of nitrogen functional groups attached to an aromatic ring is 1. The molecule has 5 atom stereocenters. The molecule has 0 amide bonds. The molecule has 3 heterocycles. The highest BCUT2D eigenvalue weighted by molar-refractivity contribution is 7.52. The zero-order valence-corrected chi connectivity index (χ0v) is 23.4. The van der Waals surface area contributed by atoms with Gasteiger partial charge in [-0.2, -0.15) is 10.1 Å². The van der Waals surface area contributed by atoms with Gasteiger partial charge in [-0.25, -0.2) is 9.55 Å². The largest absolute Gasteiger partial charge is 0.462 e. The van der Waals surface area contributed by atoms with E-state index < -0.39 is 60.8 Å².